The van der Waals surface area contributed by atoms with Gasteiger partial charge < -0.3 is 10.1 Å². The molecule has 0 aliphatic rings. The van der Waals surface area contributed by atoms with Gasteiger partial charge in [0.15, 0.2) is 0 Å². The number of amides is 1. The van der Waals surface area contributed by atoms with Gasteiger partial charge in [-0.05, 0) is 36.2 Å². The predicted octanol–water partition coefficient (Wildman–Crippen LogP) is 4.16. The lowest BCUT2D eigenvalue weighted by Gasteiger charge is -2.22. The normalized spacial score (nSPS) is 11.4. The molecule has 3 aromatic rings. The number of hydrogen-bond acceptors (Lipinski definition) is 4. The summed E-state index contributed by atoms with van der Waals surface area (Å²) in [5, 5.41) is 2.97. The van der Waals surface area contributed by atoms with Gasteiger partial charge in [0, 0.05) is 13.1 Å². The fourth-order valence-corrected chi connectivity index (χ4v) is 4.83. The molecule has 0 saturated carbocycles. The zero-order chi connectivity index (χ0) is 23.1. The predicted molar refractivity (Wildman–Crippen MR) is 125 cm³/mol. The molecular formula is C24H25ClN2O4S. The van der Waals surface area contributed by atoms with Gasteiger partial charge in [0.05, 0.1) is 23.6 Å². The maximum absolute atomic E-state index is 13.4. The van der Waals surface area contributed by atoms with Crippen LogP contribution in [0.3, 0.4) is 0 Å². The zero-order valence-electron chi connectivity index (χ0n) is 17.9. The molecule has 0 saturated heterocycles. The topological polar surface area (TPSA) is 75.7 Å². The standard InChI is InChI=1S/C24H25ClN2O4S/c1-18-8-10-19(11-9-18)15-26-24(28)17-27(16-20-6-4-3-5-7-20)32(29,30)21-12-13-23(31-2)22(25)14-21/h3-14H,15-17H2,1-2H3,(H,26,28). The molecule has 1 N–H and O–H groups in total. The summed E-state index contributed by atoms with van der Waals surface area (Å²) in [6, 6.07) is 21.1. The Hall–Kier alpha value is -2.87. The van der Waals surface area contributed by atoms with E-state index >= 15 is 0 Å². The van der Waals surface area contributed by atoms with Crippen LogP contribution in [0.1, 0.15) is 16.7 Å². The summed E-state index contributed by atoms with van der Waals surface area (Å²) in [6.45, 7) is 2.02. The fourth-order valence-electron chi connectivity index (χ4n) is 3.09. The zero-order valence-corrected chi connectivity index (χ0v) is 19.5. The van der Waals surface area contributed by atoms with Gasteiger partial charge in [-0.25, -0.2) is 8.42 Å². The van der Waals surface area contributed by atoms with Crippen molar-refractivity contribution in [1.82, 2.24) is 9.62 Å². The molecule has 0 aliphatic heterocycles. The van der Waals surface area contributed by atoms with Crippen LogP contribution in [0.2, 0.25) is 5.02 Å². The van der Waals surface area contributed by atoms with E-state index < -0.39 is 15.9 Å². The summed E-state index contributed by atoms with van der Waals surface area (Å²) < 4.78 is 33.0. The molecule has 1 amide bonds. The van der Waals surface area contributed by atoms with Gasteiger partial charge >= 0.3 is 0 Å². The van der Waals surface area contributed by atoms with Crippen molar-refractivity contribution in [3.63, 3.8) is 0 Å². The van der Waals surface area contributed by atoms with Crippen LogP contribution in [-0.4, -0.2) is 32.3 Å². The molecule has 6 nitrogen and oxygen atoms in total. The van der Waals surface area contributed by atoms with Crippen LogP contribution in [0.25, 0.3) is 0 Å². The van der Waals surface area contributed by atoms with E-state index in [9.17, 15) is 13.2 Å². The van der Waals surface area contributed by atoms with Crippen LogP contribution in [0.4, 0.5) is 0 Å². The molecule has 0 unspecified atom stereocenters. The van der Waals surface area contributed by atoms with Crippen LogP contribution >= 0.6 is 11.6 Å². The van der Waals surface area contributed by atoms with Crippen molar-refractivity contribution in [3.8, 4) is 5.75 Å². The Labute approximate surface area is 193 Å². The van der Waals surface area contributed by atoms with E-state index in [0.29, 0.717) is 12.3 Å². The van der Waals surface area contributed by atoms with Crippen molar-refractivity contribution in [3.05, 3.63) is 94.5 Å². The van der Waals surface area contributed by atoms with Crippen LogP contribution < -0.4 is 10.1 Å². The van der Waals surface area contributed by atoms with Gasteiger partial charge in [0.2, 0.25) is 15.9 Å². The SMILES string of the molecule is COc1ccc(S(=O)(=O)N(CC(=O)NCc2ccc(C)cc2)Cc2ccccc2)cc1Cl. The van der Waals surface area contributed by atoms with Crippen molar-refractivity contribution >= 4 is 27.5 Å². The summed E-state index contributed by atoms with van der Waals surface area (Å²) >= 11 is 6.15. The number of nitrogens with zero attached hydrogens (tertiary/aromatic N) is 1. The summed E-state index contributed by atoms with van der Waals surface area (Å²) in [6.07, 6.45) is 0. The summed E-state index contributed by atoms with van der Waals surface area (Å²) in [5.74, 6) is -0.0271. The first kappa shape index (κ1) is 23.8. The van der Waals surface area contributed by atoms with E-state index in [0.717, 1.165) is 21.0 Å². The Kier molecular flexibility index (Phi) is 7.90. The highest BCUT2D eigenvalue weighted by molar-refractivity contribution is 7.89. The van der Waals surface area contributed by atoms with Crippen LogP contribution in [0.5, 0.6) is 5.75 Å². The Morgan fingerprint density at radius 3 is 2.31 bits per heavy atom. The minimum absolute atomic E-state index is 0.00874. The van der Waals surface area contributed by atoms with Gasteiger partial charge in [-0.15, -0.1) is 0 Å². The average molecular weight is 473 g/mol. The lowest BCUT2D eigenvalue weighted by Crippen LogP contribution is -2.40. The van der Waals surface area contributed by atoms with Crippen molar-refractivity contribution < 1.29 is 17.9 Å². The van der Waals surface area contributed by atoms with Gasteiger partial charge in [-0.2, -0.15) is 4.31 Å². The van der Waals surface area contributed by atoms with E-state index in [1.807, 2.05) is 61.5 Å². The number of nitrogens with one attached hydrogen (secondary N) is 1. The molecular weight excluding hydrogens is 448 g/mol. The summed E-state index contributed by atoms with van der Waals surface area (Å²) in [5.41, 5.74) is 2.82. The summed E-state index contributed by atoms with van der Waals surface area (Å²) in [7, 11) is -2.54. The van der Waals surface area contributed by atoms with E-state index in [1.54, 1.807) is 0 Å². The number of sulfonamides is 1. The van der Waals surface area contributed by atoms with Crippen LogP contribution in [0, 0.1) is 6.92 Å². The maximum Gasteiger partial charge on any atom is 0.243 e. The highest BCUT2D eigenvalue weighted by Gasteiger charge is 2.27. The second kappa shape index (κ2) is 10.6. The molecule has 32 heavy (non-hydrogen) atoms. The molecule has 168 valence electrons. The van der Waals surface area contributed by atoms with E-state index in [-0.39, 0.29) is 23.0 Å². The van der Waals surface area contributed by atoms with Gasteiger partial charge in [0.25, 0.3) is 0 Å². The molecule has 0 bridgehead atoms. The van der Waals surface area contributed by atoms with Crippen molar-refractivity contribution in [2.75, 3.05) is 13.7 Å². The average Bonchev–Trinajstić information content (AvgIpc) is 2.79. The fraction of sp³-hybridized carbons (Fsp3) is 0.208. The number of aryl methyl sites for hydroxylation is 1. The van der Waals surface area contributed by atoms with Crippen LogP contribution in [-0.2, 0) is 27.9 Å². The third-order valence-corrected chi connectivity index (χ3v) is 6.98. The lowest BCUT2D eigenvalue weighted by atomic mass is 10.1. The van der Waals surface area contributed by atoms with E-state index in [2.05, 4.69) is 5.32 Å². The molecule has 0 heterocycles. The molecule has 0 atom stereocenters. The Bertz CT molecular complexity index is 1170. The second-order valence-corrected chi connectivity index (χ2v) is 9.66. The number of ether oxygens (including phenoxy) is 1. The number of rotatable bonds is 9. The first-order chi connectivity index (χ1) is 15.3. The van der Waals surface area contributed by atoms with E-state index in [4.69, 9.17) is 16.3 Å². The number of methoxy groups -OCH3 is 1. The Morgan fingerprint density at radius 2 is 1.69 bits per heavy atom. The highest BCUT2D eigenvalue weighted by atomic mass is 35.5. The van der Waals surface area contributed by atoms with Crippen molar-refractivity contribution in [1.29, 1.82) is 0 Å². The lowest BCUT2D eigenvalue weighted by molar-refractivity contribution is -0.121. The summed E-state index contributed by atoms with van der Waals surface area (Å²) in [4.78, 5) is 12.7. The van der Waals surface area contributed by atoms with Gasteiger partial charge in [0.1, 0.15) is 5.75 Å². The number of hydrogen-bond donors (Lipinski definition) is 1. The first-order valence-corrected chi connectivity index (χ1v) is 11.8. The molecule has 3 aromatic carbocycles. The highest BCUT2D eigenvalue weighted by Crippen LogP contribution is 2.29. The number of carbonyl (C=O) groups excluding carboxylic acids is 1. The third kappa shape index (κ3) is 6.09. The number of carbonyl (C=O) groups is 1. The molecule has 8 heteroatoms. The molecule has 0 aliphatic carbocycles. The Balaban J connectivity index is 1.81. The number of benzene rings is 3. The molecule has 0 aromatic heterocycles. The Morgan fingerprint density at radius 1 is 1.00 bits per heavy atom. The quantitative estimate of drug-likeness (QED) is 0.507. The maximum atomic E-state index is 13.4. The van der Waals surface area contributed by atoms with Crippen molar-refractivity contribution in [2.45, 2.75) is 24.9 Å². The number of halogens is 1. The third-order valence-electron chi connectivity index (χ3n) is 4.89. The van der Waals surface area contributed by atoms with E-state index in [1.165, 1.54) is 25.3 Å². The van der Waals surface area contributed by atoms with Crippen LogP contribution in [0.15, 0.2) is 77.7 Å². The monoisotopic (exact) mass is 472 g/mol. The molecule has 0 spiro atoms. The first-order valence-electron chi connectivity index (χ1n) is 9.99. The van der Waals surface area contributed by atoms with Gasteiger partial charge in [-0.1, -0.05) is 71.8 Å². The molecule has 0 radical (unpaired) electrons. The van der Waals surface area contributed by atoms with Crippen molar-refractivity contribution in [2.24, 2.45) is 0 Å². The van der Waals surface area contributed by atoms with Gasteiger partial charge in [-0.3, -0.25) is 4.79 Å². The largest absolute Gasteiger partial charge is 0.495 e. The smallest absolute Gasteiger partial charge is 0.243 e. The molecule has 3 rings (SSSR count). The second-order valence-electron chi connectivity index (χ2n) is 7.32. The molecule has 0 fully saturated rings. The minimum atomic E-state index is -4.00. The minimum Gasteiger partial charge on any atom is -0.495 e.